The Kier molecular flexibility index (Phi) is 5.58. The second-order valence-electron chi connectivity index (χ2n) is 4.53. The first-order valence-electron chi connectivity index (χ1n) is 6.58. The summed E-state index contributed by atoms with van der Waals surface area (Å²) in [5.74, 6) is 5.30. The highest BCUT2D eigenvalue weighted by Crippen LogP contribution is 2.22. The number of aromatic nitrogens is 2. The molecule has 115 valence electrons. The van der Waals surface area contributed by atoms with Gasteiger partial charge in [0.15, 0.2) is 5.16 Å². The number of carbonyl (C=O) groups is 1. The van der Waals surface area contributed by atoms with Gasteiger partial charge in [-0.3, -0.25) is 4.79 Å². The number of nitrogens with one attached hydrogen (secondary N) is 1. The van der Waals surface area contributed by atoms with Crippen LogP contribution in [0.2, 0.25) is 5.02 Å². The van der Waals surface area contributed by atoms with E-state index in [1.165, 1.54) is 0 Å². The summed E-state index contributed by atoms with van der Waals surface area (Å²) < 4.78 is 0. The van der Waals surface area contributed by atoms with Crippen LogP contribution in [0.25, 0.3) is 11.0 Å². The SMILES string of the molecule is CC(=O)O.[S]c1nc2cc(C#Cc3ccccc3)c(Cl)cc2[nH]1. The maximum Gasteiger partial charge on any atom is 0.300 e. The van der Waals surface area contributed by atoms with Crippen LogP contribution in [-0.2, 0) is 4.79 Å². The number of fused-ring (bicyclic) bond motifs is 1. The molecule has 0 bridgehead atoms. The first-order chi connectivity index (χ1) is 11.0. The van der Waals surface area contributed by atoms with E-state index in [2.05, 4.69) is 21.8 Å². The van der Waals surface area contributed by atoms with Gasteiger partial charge in [-0.15, -0.1) is 0 Å². The zero-order valence-corrected chi connectivity index (χ0v) is 13.7. The zero-order chi connectivity index (χ0) is 16.8. The van der Waals surface area contributed by atoms with Crippen LogP contribution in [0.15, 0.2) is 47.6 Å². The maximum atomic E-state index is 9.00. The Morgan fingerprint density at radius 1 is 1.26 bits per heavy atom. The van der Waals surface area contributed by atoms with E-state index in [4.69, 9.17) is 34.1 Å². The Bertz CT molecular complexity index is 891. The van der Waals surface area contributed by atoms with Gasteiger partial charge >= 0.3 is 0 Å². The quantitative estimate of drug-likeness (QED) is 0.599. The van der Waals surface area contributed by atoms with Crippen LogP contribution in [0, 0.1) is 11.8 Å². The molecule has 0 fully saturated rings. The molecular weight excluding hydrogens is 332 g/mol. The van der Waals surface area contributed by atoms with E-state index in [1.807, 2.05) is 36.4 Å². The van der Waals surface area contributed by atoms with Gasteiger partial charge in [0.05, 0.1) is 16.1 Å². The average Bonchev–Trinajstić information content (AvgIpc) is 2.84. The van der Waals surface area contributed by atoms with Crippen molar-refractivity contribution in [1.82, 2.24) is 9.97 Å². The number of carboxylic acid groups (broad SMARTS) is 1. The molecule has 0 unspecified atom stereocenters. The number of hydrogen-bond acceptors (Lipinski definition) is 2. The van der Waals surface area contributed by atoms with Gasteiger partial charge in [0, 0.05) is 18.1 Å². The van der Waals surface area contributed by atoms with Crippen molar-refractivity contribution in [3.8, 4) is 11.8 Å². The van der Waals surface area contributed by atoms with E-state index in [-0.39, 0.29) is 0 Å². The smallest absolute Gasteiger partial charge is 0.300 e. The number of benzene rings is 2. The predicted octanol–water partition coefficient (Wildman–Crippen LogP) is 4.26. The minimum absolute atomic E-state index is 0.458. The third kappa shape index (κ3) is 4.99. The van der Waals surface area contributed by atoms with Crippen molar-refractivity contribution < 1.29 is 9.90 Å². The molecule has 1 radical (unpaired) electrons. The number of aliphatic carboxylic acids is 1. The summed E-state index contributed by atoms with van der Waals surface area (Å²) >= 11 is 11.2. The Hall–Kier alpha value is -2.55. The van der Waals surface area contributed by atoms with Crippen molar-refractivity contribution in [1.29, 1.82) is 0 Å². The lowest BCUT2D eigenvalue weighted by molar-refractivity contribution is -0.134. The fourth-order valence-corrected chi connectivity index (χ4v) is 2.18. The summed E-state index contributed by atoms with van der Waals surface area (Å²) in [6, 6.07) is 13.4. The minimum atomic E-state index is -0.833. The summed E-state index contributed by atoms with van der Waals surface area (Å²) in [6.07, 6.45) is 0. The topological polar surface area (TPSA) is 66.0 Å². The normalized spacial score (nSPS) is 9.48. The molecule has 0 aliphatic carbocycles. The van der Waals surface area contributed by atoms with Crippen LogP contribution in [0.1, 0.15) is 18.1 Å². The monoisotopic (exact) mass is 343 g/mol. The number of halogens is 1. The molecule has 2 aromatic carbocycles. The molecule has 0 spiro atoms. The zero-order valence-electron chi connectivity index (χ0n) is 12.1. The lowest BCUT2D eigenvalue weighted by Crippen LogP contribution is -1.80. The molecule has 0 aliphatic heterocycles. The number of H-pyrrole nitrogens is 1. The number of rotatable bonds is 0. The van der Waals surface area contributed by atoms with Crippen LogP contribution in [0.5, 0.6) is 0 Å². The van der Waals surface area contributed by atoms with Crippen LogP contribution in [0.3, 0.4) is 0 Å². The van der Waals surface area contributed by atoms with E-state index < -0.39 is 5.97 Å². The molecule has 0 aliphatic rings. The molecule has 1 aromatic heterocycles. The third-order valence-corrected chi connectivity index (χ3v) is 3.17. The Labute approximate surface area is 143 Å². The molecule has 3 aromatic rings. The maximum absolute atomic E-state index is 9.00. The second kappa shape index (κ2) is 7.63. The molecule has 0 saturated heterocycles. The summed E-state index contributed by atoms with van der Waals surface area (Å²) in [5.41, 5.74) is 3.32. The minimum Gasteiger partial charge on any atom is -0.481 e. The largest absolute Gasteiger partial charge is 0.481 e. The molecule has 0 amide bonds. The van der Waals surface area contributed by atoms with Gasteiger partial charge in [-0.1, -0.05) is 41.6 Å². The number of hydrogen-bond donors (Lipinski definition) is 2. The number of aromatic amines is 1. The highest BCUT2D eigenvalue weighted by Gasteiger charge is 2.05. The van der Waals surface area contributed by atoms with Crippen LogP contribution < -0.4 is 0 Å². The highest BCUT2D eigenvalue weighted by molar-refractivity contribution is 7.80. The van der Waals surface area contributed by atoms with Crippen LogP contribution >= 0.6 is 24.2 Å². The predicted molar refractivity (Wildman–Crippen MR) is 92.7 cm³/mol. The van der Waals surface area contributed by atoms with E-state index in [1.54, 1.807) is 6.07 Å². The number of carboxylic acids is 1. The lowest BCUT2D eigenvalue weighted by atomic mass is 10.1. The van der Waals surface area contributed by atoms with E-state index in [9.17, 15) is 0 Å². The van der Waals surface area contributed by atoms with Gasteiger partial charge in [-0.2, -0.15) is 0 Å². The van der Waals surface area contributed by atoms with Crippen molar-refractivity contribution in [3.63, 3.8) is 0 Å². The van der Waals surface area contributed by atoms with Gasteiger partial charge in [0.25, 0.3) is 5.97 Å². The fraction of sp³-hybridized carbons (Fsp3) is 0.0588. The van der Waals surface area contributed by atoms with E-state index in [0.717, 1.165) is 29.1 Å². The molecular formula is C17H12ClN2O2S. The van der Waals surface area contributed by atoms with Crippen molar-refractivity contribution in [2.24, 2.45) is 0 Å². The molecule has 1 heterocycles. The van der Waals surface area contributed by atoms with Crippen molar-refractivity contribution in [2.45, 2.75) is 12.1 Å². The summed E-state index contributed by atoms with van der Waals surface area (Å²) in [7, 11) is 0. The van der Waals surface area contributed by atoms with E-state index >= 15 is 0 Å². The lowest BCUT2D eigenvalue weighted by Gasteiger charge is -1.95. The van der Waals surface area contributed by atoms with Gasteiger partial charge < -0.3 is 10.1 Å². The first kappa shape index (κ1) is 16.8. The molecule has 0 saturated carbocycles. The summed E-state index contributed by atoms with van der Waals surface area (Å²) in [5, 5.41) is 8.47. The van der Waals surface area contributed by atoms with Gasteiger partial charge in [0.1, 0.15) is 0 Å². The van der Waals surface area contributed by atoms with Gasteiger partial charge in [0.2, 0.25) is 0 Å². The Morgan fingerprint density at radius 3 is 2.57 bits per heavy atom. The molecule has 4 nitrogen and oxygen atoms in total. The van der Waals surface area contributed by atoms with Crippen molar-refractivity contribution >= 4 is 41.2 Å². The van der Waals surface area contributed by atoms with Gasteiger partial charge in [-0.25, -0.2) is 4.98 Å². The highest BCUT2D eigenvalue weighted by atomic mass is 35.5. The molecule has 6 heteroatoms. The second-order valence-corrected chi connectivity index (χ2v) is 5.32. The number of nitrogens with zero attached hydrogens (tertiary/aromatic N) is 1. The fourth-order valence-electron chi connectivity index (χ4n) is 1.76. The first-order valence-corrected chi connectivity index (χ1v) is 7.37. The standard InChI is InChI=1S/C15H8ClN2S.C2H4O2/c16-12-9-14-13(17-15(19)18-14)8-11(12)7-6-10-4-2-1-3-5-10;1-2(3)4/h1-5,8-9H,(H,17,18);1H3,(H,3,4). The average molecular weight is 344 g/mol. The molecule has 3 rings (SSSR count). The van der Waals surface area contributed by atoms with Crippen LogP contribution in [0.4, 0.5) is 0 Å². The van der Waals surface area contributed by atoms with Crippen molar-refractivity contribution in [3.05, 3.63) is 58.6 Å². The Morgan fingerprint density at radius 2 is 1.91 bits per heavy atom. The van der Waals surface area contributed by atoms with Gasteiger partial charge in [-0.05, 0) is 36.9 Å². The third-order valence-electron chi connectivity index (χ3n) is 2.66. The van der Waals surface area contributed by atoms with Crippen molar-refractivity contribution in [2.75, 3.05) is 0 Å². The summed E-state index contributed by atoms with van der Waals surface area (Å²) in [6.45, 7) is 1.08. The number of imidazole rings is 1. The van der Waals surface area contributed by atoms with Crippen LogP contribution in [-0.4, -0.2) is 21.0 Å². The molecule has 0 atom stereocenters. The Balaban J connectivity index is 0.000000433. The van der Waals surface area contributed by atoms with E-state index in [0.29, 0.717) is 10.2 Å². The molecule has 2 N–H and O–H groups in total. The summed E-state index contributed by atoms with van der Waals surface area (Å²) in [4.78, 5) is 16.2. The molecule has 23 heavy (non-hydrogen) atoms.